The maximum atomic E-state index is 12.4. The fraction of sp³-hybridized carbons (Fsp3) is 0.571. The zero-order valence-corrected chi connectivity index (χ0v) is 15.8. The quantitative estimate of drug-likeness (QED) is 0.832. The van der Waals surface area contributed by atoms with Crippen LogP contribution in [-0.2, 0) is 12.8 Å². The molecule has 1 aromatic heterocycles. The number of phenols is 1. The number of benzene rings is 1. The summed E-state index contributed by atoms with van der Waals surface area (Å²) >= 11 is 0. The standard InChI is InChI=1S/C21H29NO3/c1-13-7-8-16-17(10-13)20-18(23)11-15(12-19(20)25-21(16)24)14(2)6-5-9-22(3)4/h11-14,23H,5-10H2,1-4H3. The highest BCUT2D eigenvalue weighted by Gasteiger charge is 2.24. The van der Waals surface area contributed by atoms with E-state index in [-0.39, 0.29) is 11.4 Å². The molecule has 0 saturated heterocycles. The summed E-state index contributed by atoms with van der Waals surface area (Å²) in [6.07, 6.45) is 4.72. The highest BCUT2D eigenvalue weighted by Crippen LogP contribution is 2.37. The van der Waals surface area contributed by atoms with Gasteiger partial charge in [-0.05, 0) is 87.8 Å². The smallest absolute Gasteiger partial charge is 0.339 e. The van der Waals surface area contributed by atoms with Gasteiger partial charge >= 0.3 is 5.63 Å². The molecule has 1 aromatic carbocycles. The second kappa shape index (κ2) is 7.20. The Balaban J connectivity index is 1.98. The third-order valence-electron chi connectivity index (χ3n) is 5.47. The van der Waals surface area contributed by atoms with Crippen LogP contribution in [-0.4, -0.2) is 30.6 Å². The molecule has 0 radical (unpaired) electrons. The van der Waals surface area contributed by atoms with Crippen LogP contribution < -0.4 is 5.63 Å². The zero-order valence-electron chi connectivity index (χ0n) is 15.8. The van der Waals surface area contributed by atoms with Crippen LogP contribution in [0.3, 0.4) is 0 Å². The van der Waals surface area contributed by atoms with Gasteiger partial charge in [-0.2, -0.15) is 0 Å². The van der Waals surface area contributed by atoms with E-state index in [2.05, 4.69) is 32.8 Å². The Kier molecular flexibility index (Phi) is 5.19. The summed E-state index contributed by atoms with van der Waals surface area (Å²) in [5.74, 6) is 1.10. The van der Waals surface area contributed by atoms with Crippen LogP contribution in [0.5, 0.6) is 5.75 Å². The summed E-state index contributed by atoms with van der Waals surface area (Å²) < 4.78 is 5.59. The van der Waals surface area contributed by atoms with Crippen LogP contribution >= 0.6 is 0 Å². The second-order valence-electron chi connectivity index (χ2n) is 7.95. The molecule has 0 saturated carbocycles. The van der Waals surface area contributed by atoms with Crippen molar-refractivity contribution < 1.29 is 9.52 Å². The van der Waals surface area contributed by atoms with Crippen molar-refractivity contribution in [1.82, 2.24) is 4.90 Å². The number of aromatic hydroxyl groups is 1. The van der Waals surface area contributed by atoms with Gasteiger partial charge < -0.3 is 14.4 Å². The van der Waals surface area contributed by atoms with Crippen molar-refractivity contribution in [2.75, 3.05) is 20.6 Å². The lowest BCUT2D eigenvalue weighted by Gasteiger charge is -2.22. The first-order valence-corrected chi connectivity index (χ1v) is 9.33. The molecular formula is C21H29NO3. The average molecular weight is 343 g/mol. The van der Waals surface area contributed by atoms with E-state index >= 15 is 0 Å². The summed E-state index contributed by atoms with van der Waals surface area (Å²) in [6.45, 7) is 5.40. The van der Waals surface area contributed by atoms with Crippen LogP contribution in [0.25, 0.3) is 11.0 Å². The molecule has 25 heavy (non-hydrogen) atoms. The van der Waals surface area contributed by atoms with Gasteiger partial charge in [-0.3, -0.25) is 0 Å². The fourth-order valence-electron chi connectivity index (χ4n) is 3.93. The molecular weight excluding hydrogens is 314 g/mol. The molecule has 0 amide bonds. The summed E-state index contributed by atoms with van der Waals surface area (Å²) in [4.78, 5) is 14.5. The normalized spacial score (nSPS) is 18.5. The first kappa shape index (κ1) is 18.0. The Hall–Kier alpha value is -1.81. The van der Waals surface area contributed by atoms with Gasteiger partial charge in [0.25, 0.3) is 0 Å². The number of nitrogens with zero attached hydrogens (tertiary/aromatic N) is 1. The average Bonchev–Trinajstić information content (AvgIpc) is 2.53. The van der Waals surface area contributed by atoms with Gasteiger partial charge in [0.2, 0.25) is 0 Å². The van der Waals surface area contributed by atoms with E-state index in [4.69, 9.17) is 4.42 Å². The van der Waals surface area contributed by atoms with Gasteiger partial charge in [0, 0.05) is 5.56 Å². The molecule has 3 rings (SSSR count). The maximum absolute atomic E-state index is 12.4. The maximum Gasteiger partial charge on any atom is 0.339 e. The Morgan fingerprint density at radius 1 is 1.32 bits per heavy atom. The minimum Gasteiger partial charge on any atom is -0.507 e. The first-order valence-electron chi connectivity index (χ1n) is 9.33. The predicted octanol–water partition coefficient (Wildman–Crippen LogP) is 4.07. The molecule has 1 N–H and O–H groups in total. The van der Waals surface area contributed by atoms with Crippen LogP contribution in [0.1, 0.15) is 55.7 Å². The summed E-state index contributed by atoms with van der Waals surface area (Å²) in [5.41, 5.74) is 3.09. The SMILES string of the molecule is CC1CCc2c(c3c(O)cc(C(C)CCCN(C)C)cc3oc2=O)C1. The molecule has 2 aromatic rings. The lowest BCUT2D eigenvalue weighted by atomic mass is 9.83. The number of rotatable bonds is 5. The highest BCUT2D eigenvalue weighted by molar-refractivity contribution is 5.88. The summed E-state index contributed by atoms with van der Waals surface area (Å²) in [5, 5.41) is 11.4. The molecule has 4 nitrogen and oxygen atoms in total. The van der Waals surface area contributed by atoms with Crippen molar-refractivity contribution in [2.45, 2.75) is 51.9 Å². The van der Waals surface area contributed by atoms with Crippen LogP contribution in [0, 0.1) is 5.92 Å². The summed E-state index contributed by atoms with van der Waals surface area (Å²) in [7, 11) is 4.15. The number of hydrogen-bond donors (Lipinski definition) is 1. The highest BCUT2D eigenvalue weighted by atomic mass is 16.4. The van der Waals surface area contributed by atoms with Crippen LogP contribution in [0.15, 0.2) is 21.3 Å². The third-order valence-corrected chi connectivity index (χ3v) is 5.47. The molecule has 0 fully saturated rings. The Labute approximate surface area is 149 Å². The zero-order chi connectivity index (χ0) is 18.1. The van der Waals surface area contributed by atoms with Crippen molar-refractivity contribution >= 4 is 11.0 Å². The monoisotopic (exact) mass is 343 g/mol. The molecule has 1 heterocycles. The van der Waals surface area contributed by atoms with E-state index in [1.54, 1.807) is 0 Å². The Bertz CT molecular complexity index is 822. The van der Waals surface area contributed by atoms with Gasteiger partial charge in [-0.25, -0.2) is 4.79 Å². The fourth-order valence-corrected chi connectivity index (χ4v) is 3.93. The van der Waals surface area contributed by atoms with Crippen LogP contribution in [0.4, 0.5) is 0 Å². The number of hydrogen-bond acceptors (Lipinski definition) is 4. The molecule has 2 atom stereocenters. The molecule has 4 heteroatoms. The van der Waals surface area contributed by atoms with E-state index in [1.807, 2.05) is 12.1 Å². The molecule has 0 bridgehead atoms. The number of phenolic OH excluding ortho intramolecular Hbond substituents is 1. The molecule has 2 unspecified atom stereocenters. The topological polar surface area (TPSA) is 53.7 Å². The van der Waals surface area contributed by atoms with Crippen molar-refractivity contribution in [2.24, 2.45) is 5.92 Å². The second-order valence-corrected chi connectivity index (χ2v) is 7.95. The van der Waals surface area contributed by atoms with Gasteiger partial charge in [0.15, 0.2) is 0 Å². The van der Waals surface area contributed by atoms with Crippen molar-refractivity contribution in [3.63, 3.8) is 0 Å². The lowest BCUT2D eigenvalue weighted by molar-refractivity contribution is 0.387. The van der Waals surface area contributed by atoms with Crippen molar-refractivity contribution in [3.05, 3.63) is 39.2 Å². The molecule has 136 valence electrons. The van der Waals surface area contributed by atoms with Crippen LogP contribution in [0.2, 0.25) is 0 Å². The molecule has 1 aliphatic carbocycles. The largest absolute Gasteiger partial charge is 0.507 e. The lowest BCUT2D eigenvalue weighted by Crippen LogP contribution is -2.20. The van der Waals surface area contributed by atoms with E-state index in [0.29, 0.717) is 17.4 Å². The molecule has 0 spiro atoms. The van der Waals surface area contributed by atoms with Crippen molar-refractivity contribution in [3.8, 4) is 5.75 Å². The van der Waals surface area contributed by atoms with E-state index < -0.39 is 0 Å². The van der Waals surface area contributed by atoms with Gasteiger partial charge in [0.1, 0.15) is 11.3 Å². The predicted molar refractivity (Wildman–Crippen MR) is 102 cm³/mol. The van der Waals surface area contributed by atoms with Gasteiger partial charge in [0.05, 0.1) is 5.39 Å². The number of fused-ring (bicyclic) bond motifs is 3. The Morgan fingerprint density at radius 3 is 2.80 bits per heavy atom. The minimum atomic E-state index is -0.230. The van der Waals surface area contributed by atoms with Gasteiger partial charge in [-0.1, -0.05) is 13.8 Å². The molecule has 1 aliphatic rings. The van der Waals surface area contributed by atoms with E-state index in [0.717, 1.165) is 60.7 Å². The van der Waals surface area contributed by atoms with Gasteiger partial charge in [-0.15, -0.1) is 0 Å². The minimum absolute atomic E-state index is 0.230. The van der Waals surface area contributed by atoms with E-state index in [9.17, 15) is 9.90 Å². The third kappa shape index (κ3) is 3.74. The van der Waals surface area contributed by atoms with Crippen molar-refractivity contribution in [1.29, 1.82) is 0 Å². The van der Waals surface area contributed by atoms with E-state index in [1.165, 1.54) is 0 Å². The first-order chi connectivity index (χ1) is 11.9. The summed E-state index contributed by atoms with van der Waals surface area (Å²) in [6, 6.07) is 3.82. The Morgan fingerprint density at radius 2 is 2.08 bits per heavy atom. The molecule has 0 aliphatic heterocycles.